The second kappa shape index (κ2) is 6.01. The van der Waals surface area contributed by atoms with Crippen LogP contribution in [0.1, 0.15) is 32.0 Å². The molecule has 5 nitrogen and oxygen atoms in total. The van der Waals surface area contributed by atoms with E-state index < -0.39 is 38.7 Å². The maximum Gasteiger partial charge on any atom is 0.419 e. The van der Waals surface area contributed by atoms with Gasteiger partial charge in [-0.05, 0) is 18.2 Å². The molecule has 0 saturated carbocycles. The molecule has 25 heavy (non-hydrogen) atoms. The Labute approximate surface area is 142 Å². The van der Waals surface area contributed by atoms with Gasteiger partial charge in [-0.25, -0.2) is 12.8 Å². The number of alkyl halides is 3. The second-order valence-electron chi connectivity index (χ2n) is 6.56. The smallest absolute Gasteiger partial charge is 0.280 e. The van der Waals surface area contributed by atoms with E-state index in [0.29, 0.717) is 12.1 Å². The molecule has 1 aromatic heterocycles. The summed E-state index contributed by atoms with van der Waals surface area (Å²) in [7, 11) is -2.67. The van der Waals surface area contributed by atoms with Gasteiger partial charge in [0.2, 0.25) is 0 Å². The Hall–Kier alpha value is -2.10. The molecular weight excluding hydrogens is 362 g/mol. The summed E-state index contributed by atoms with van der Waals surface area (Å²) in [6.45, 7) is 5.27. The van der Waals surface area contributed by atoms with E-state index in [1.807, 2.05) is 0 Å². The first kappa shape index (κ1) is 19.2. The third-order valence-electron chi connectivity index (χ3n) is 3.32. The lowest BCUT2D eigenvalue weighted by Gasteiger charge is -2.18. The fourth-order valence-electron chi connectivity index (χ4n) is 2.20. The van der Waals surface area contributed by atoms with Crippen LogP contribution in [-0.2, 0) is 28.7 Å². The first-order valence-corrected chi connectivity index (χ1v) is 8.64. The highest BCUT2D eigenvalue weighted by atomic mass is 32.2. The summed E-state index contributed by atoms with van der Waals surface area (Å²) in [5.41, 5.74) is -2.28. The van der Waals surface area contributed by atoms with E-state index >= 15 is 0 Å². The number of aromatic nitrogens is 2. The average molecular weight is 379 g/mol. The van der Waals surface area contributed by atoms with Crippen molar-refractivity contribution < 1.29 is 26.0 Å². The number of sulfonamides is 1. The third kappa shape index (κ3) is 4.12. The molecule has 0 saturated heterocycles. The molecule has 0 aliphatic carbocycles. The van der Waals surface area contributed by atoms with Gasteiger partial charge in [-0.15, -0.1) is 0 Å². The van der Waals surface area contributed by atoms with Crippen LogP contribution in [0.4, 0.5) is 23.2 Å². The van der Waals surface area contributed by atoms with Crippen LogP contribution < -0.4 is 4.72 Å². The zero-order valence-corrected chi connectivity index (χ0v) is 14.8. The van der Waals surface area contributed by atoms with Gasteiger partial charge < -0.3 is 0 Å². The number of hydrogen-bond acceptors (Lipinski definition) is 3. The predicted molar refractivity (Wildman–Crippen MR) is 84.1 cm³/mol. The molecule has 0 radical (unpaired) electrons. The van der Waals surface area contributed by atoms with Gasteiger partial charge in [0, 0.05) is 24.3 Å². The summed E-state index contributed by atoms with van der Waals surface area (Å²) in [5, 5.41) is 4.12. The largest absolute Gasteiger partial charge is 0.419 e. The van der Waals surface area contributed by atoms with E-state index in [1.165, 1.54) is 17.9 Å². The number of rotatable bonds is 3. The number of benzene rings is 1. The molecule has 0 amide bonds. The normalized spacial score (nSPS) is 13.1. The highest BCUT2D eigenvalue weighted by Gasteiger charge is 2.35. The minimum Gasteiger partial charge on any atom is -0.280 e. The molecule has 1 aromatic carbocycles. The maximum absolute atomic E-state index is 13.3. The minimum atomic E-state index is -4.93. The minimum absolute atomic E-state index is 0.152. The van der Waals surface area contributed by atoms with E-state index in [1.54, 1.807) is 20.8 Å². The number of nitrogens with zero attached hydrogens (tertiary/aromatic N) is 2. The molecule has 1 N–H and O–H groups in total. The van der Waals surface area contributed by atoms with Gasteiger partial charge in [0.05, 0.1) is 11.3 Å². The fraction of sp³-hybridized carbons (Fsp3) is 0.400. The Kier molecular flexibility index (Phi) is 4.62. The molecule has 138 valence electrons. The third-order valence-corrected chi connectivity index (χ3v) is 4.70. The number of aryl methyl sites for hydroxylation is 1. The molecule has 0 aliphatic rings. The van der Waals surface area contributed by atoms with Crippen LogP contribution in [0, 0.1) is 5.82 Å². The van der Waals surface area contributed by atoms with Crippen LogP contribution in [0.5, 0.6) is 0 Å². The van der Waals surface area contributed by atoms with Crippen molar-refractivity contribution in [1.82, 2.24) is 9.78 Å². The first-order valence-electron chi connectivity index (χ1n) is 7.15. The quantitative estimate of drug-likeness (QED) is 0.828. The van der Waals surface area contributed by atoms with Crippen molar-refractivity contribution in [1.29, 1.82) is 0 Å². The average Bonchev–Trinajstić information content (AvgIpc) is 2.82. The summed E-state index contributed by atoms with van der Waals surface area (Å²) < 4.78 is 80.2. The Morgan fingerprint density at radius 3 is 2.28 bits per heavy atom. The zero-order chi connectivity index (χ0) is 19.2. The van der Waals surface area contributed by atoms with Gasteiger partial charge in [-0.2, -0.15) is 18.3 Å². The summed E-state index contributed by atoms with van der Waals surface area (Å²) in [4.78, 5) is -0.152. The van der Waals surface area contributed by atoms with Gasteiger partial charge in [0.25, 0.3) is 10.0 Å². The van der Waals surface area contributed by atoms with Gasteiger partial charge in [-0.3, -0.25) is 9.40 Å². The lowest BCUT2D eigenvalue weighted by atomic mass is 9.92. The van der Waals surface area contributed by atoms with Crippen molar-refractivity contribution in [3.8, 4) is 0 Å². The molecule has 1 heterocycles. The van der Waals surface area contributed by atoms with E-state index in [0.717, 1.165) is 6.07 Å². The molecule has 2 rings (SSSR count). The van der Waals surface area contributed by atoms with Gasteiger partial charge in [-0.1, -0.05) is 20.8 Å². The molecule has 0 unspecified atom stereocenters. The monoisotopic (exact) mass is 379 g/mol. The van der Waals surface area contributed by atoms with Crippen LogP contribution in [0.3, 0.4) is 0 Å². The van der Waals surface area contributed by atoms with Crippen LogP contribution in [0.25, 0.3) is 0 Å². The Balaban J connectivity index is 2.48. The zero-order valence-electron chi connectivity index (χ0n) is 13.9. The summed E-state index contributed by atoms with van der Waals surface area (Å²) >= 11 is 0. The molecule has 2 aromatic rings. The first-order chi connectivity index (χ1) is 11.2. The number of hydrogen-bond donors (Lipinski definition) is 1. The van der Waals surface area contributed by atoms with Crippen LogP contribution in [-0.4, -0.2) is 18.2 Å². The van der Waals surface area contributed by atoms with Crippen LogP contribution in [0.2, 0.25) is 0 Å². The summed E-state index contributed by atoms with van der Waals surface area (Å²) in [5.74, 6) is -1.48. The van der Waals surface area contributed by atoms with Crippen LogP contribution in [0.15, 0.2) is 29.3 Å². The summed E-state index contributed by atoms with van der Waals surface area (Å²) in [6.07, 6.45) is -3.67. The SMILES string of the molecule is Cn1cc(S(=O)(=O)Nc2ccc(F)c(C(F)(F)F)c2)c(C(C)(C)C)n1. The van der Waals surface area contributed by atoms with Crippen molar-refractivity contribution in [3.63, 3.8) is 0 Å². The number of anilines is 1. The predicted octanol–water partition coefficient (Wildman–Crippen LogP) is 3.68. The molecule has 0 spiro atoms. The molecular formula is C15H17F4N3O2S. The summed E-state index contributed by atoms with van der Waals surface area (Å²) in [6, 6.07) is 1.91. The molecule has 0 atom stereocenters. The van der Waals surface area contributed by atoms with E-state index in [4.69, 9.17) is 0 Å². The topological polar surface area (TPSA) is 64.0 Å². The Morgan fingerprint density at radius 1 is 1.16 bits per heavy atom. The number of halogens is 4. The molecule has 0 aliphatic heterocycles. The molecule has 10 heteroatoms. The van der Waals surface area contributed by atoms with Crippen molar-refractivity contribution in [2.75, 3.05) is 4.72 Å². The maximum atomic E-state index is 13.3. The second-order valence-corrected chi connectivity index (χ2v) is 8.21. The lowest BCUT2D eigenvalue weighted by molar-refractivity contribution is -0.139. The van der Waals surface area contributed by atoms with Crippen molar-refractivity contribution in [2.45, 2.75) is 37.3 Å². The number of nitrogens with one attached hydrogen (secondary N) is 1. The molecule has 0 fully saturated rings. The van der Waals surface area contributed by atoms with E-state index in [9.17, 15) is 26.0 Å². The van der Waals surface area contributed by atoms with E-state index in [-0.39, 0.29) is 10.6 Å². The van der Waals surface area contributed by atoms with Crippen molar-refractivity contribution in [2.24, 2.45) is 7.05 Å². The van der Waals surface area contributed by atoms with Gasteiger partial charge >= 0.3 is 6.18 Å². The molecule has 0 bridgehead atoms. The highest BCUT2D eigenvalue weighted by Crippen LogP contribution is 2.34. The Bertz CT molecular complexity index is 896. The van der Waals surface area contributed by atoms with Gasteiger partial charge in [0.15, 0.2) is 0 Å². The van der Waals surface area contributed by atoms with Crippen molar-refractivity contribution in [3.05, 3.63) is 41.5 Å². The lowest BCUT2D eigenvalue weighted by Crippen LogP contribution is -2.20. The van der Waals surface area contributed by atoms with Crippen molar-refractivity contribution >= 4 is 15.7 Å². The van der Waals surface area contributed by atoms with Gasteiger partial charge in [0.1, 0.15) is 10.7 Å². The standard InChI is InChI=1S/C15H17F4N3O2S/c1-14(2,3)13-12(8-22(4)20-13)25(23,24)21-9-5-6-11(16)10(7-9)15(17,18)19/h5-8,21H,1-4H3. The fourth-order valence-corrected chi connectivity index (χ4v) is 3.64. The van der Waals surface area contributed by atoms with Crippen LogP contribution >= 0.6 is 0 Å². The Morgan fingerprint density at radius 2 is 1.76 bits per heavy atom. The van der Waals surface area contributed by atoms with E-state index in [2.05, 4.69) is 9.82 Å². The highest BCUT2D eigenvalue weighted by molar-refractivity contribution is 7.92.